The van der Waals surface area contributed by atoms with Gasteiger partial charge in [0, 0.05) is 39.6 Å². The summed E-state index contributed by atoms with van der Waals surface area (Å²) in [5, 5.41) is 0. The minimum atomic E-state index is -0.117. The van der Waals surface area contributed by atoms with Crippen LogP contribution in [0.2, 0.25) is 0 Å². The third kappa shape index (κ3) is 4.31. The molecule has 0 radical (unpaired) electrons. The van der Waals surface area contributed by atoms with Gasteiger partial charge in [-0.2, -0.15) is 0 Å². The summed E-state index contributed by atoms with van der Waals surface area (Å²) in [6.07, 6.45) is 0. The first kappa shape index (κ1) is 29.8. The normalized spacial score (nSPS) is 15.1. The number of hydrogen-bond donors (Lipinski definition) is 0. The lowest BCUT2D eigenvalue weighted by Crippen LogP contribution is -2.19. The second-order valence-corrected chi connectivity index (χ2v) is 15.0. The Morgan fingerprint density at radius 2 is 0.882 bits per heavy atom. The molecule has 1 heterocycles. The van der Waals surface area contributed by atoms with Gasteiger partial charge in [0.1, 0.15) is 0 Å². The van der Waals surface area contributed by atoms with Crippen molar-refractivity contribution in [2.24, 2.45) is 0 Å². The first-order valence-electron chi connectivity index (χ1n) is 17.9. The number of hydrogen-bond acceptors (Lipinski definition) is 3. The molecule has 7 aromatic carbocycles. The van der Waals surface area contributed by atoms with Gasteiger partial charge in [0.2, 0.25) is 0 Å². The Kier molecular flexibility index (Phi) is 6.27. The van der Waals surface area contributed by atoms with Gasteiger partial charge in [-0.15, -0.1) is 0 Å². The predicted molar refractivity (Wildman–Crippen MR) is 211 cm³/mol. The van der Waals surface area contributed by atoms with E-state index in [0.29, 0.717) is 0 Å². The number of benzene rings is 7. The highest BCUT2D eigenvalue weighted by Crippen LogP contribution is 2.55. The molecule has 0 unspecified atom stereocenters. The van der Waals surface area contributed by atoms with Crippen LogP contribution in [0.4, 0.5) is 34.1 Å². The summed E-state index contributed by atoms with van der Waals surface area (Å²) in [4.78, 5) is 4.71. The van der Waals surface area contributed by atoms with Crippen LogP contribution < -0.4 is 14.5 Å². The van der Waals surface area contributed by atoms with Crippen molar-refractivity contribution in [1.82, 2.24) is 0 Å². The third-order valence-electron chi connectivity index (χ3n) is 11.4. The molecule has 0 saturated heterocycles. The van der Waals surface area contributed by atoms with E-state index in [1.165, 1.54) is 44.5 Å². The molecule has 7 aromatic rings. The standard InChI is InChI=1S/C48H38N2O/c1-47(2)39-18-10-8-16-35(39)37-25-22-32(28-41(37)47)49(33-23-26-38-36-17-9-11-19-40(36)48(3,4)42(38)29-33)34-24-27-44-46(30-34)51-45-21-13-12-20-43(45)50(44)31-14-6-5-7-15-31/h5-30H,1-4H3. The van der Waals surface area contributed by atoms with E-state index < -0.39 is 0 Å². The summed E-state index contributed by atoms with van der Waals surface area (Å²) < 4.78 is 6.72. The zero-order valence-electron chi connectivity index (χ0n) is 29.3. The van der Waals surface area contributed by atoms with E-state index in [9.17, 15) is 0 Å². The number of para-hydroxylation sites is 3. The minimum Gasteiger partial charge on any atom is -0.453 e. The Morgan fingerprint density at radius 1 is 0.412 bits per heavy atom. The summed E-state index contributed by atoms with van der Waals surface area (Å²) in [5.41, 5.74) is 16.9. The molecule has 0 spiro atoms. The Balaban J connectivity index is 1.17. The van der Waals surface area contributed by atoms with Gasteiger partial charge < -0.3 is 14.5 Å². The lowest BCUT2D eigenvalue weighted by Gasteiger charge is -2.34. The second kappa shape index (κ2) is 10.7. The van der Waals surface area contributed by atoms with Crippen LogP contribution in [0.3, 0.4) is 0 Å². The summed E-state index contributed by atoms with van der Waals surface area (Å²) in [7, 11) is 0. The number of rotatable bonds is 4. The number of fused-ring (bicyclic) bond motifs is 8. The summed E-state index contributed by atoms with van der Waals surface area (Å²) in [6.45, 7) is 9.40. The molecule has 2 aliphatic carbocycles. The molecule has 3 heteroatoms. The average molecular weight is 659 g/mol. The van der Waals surface area contributed by atoms with Gasteiger partial charge in [0.25, 0.3) is 0 Å². The molecule has 0 saturated carbocycles. The van der Waals surface area contributed by atoms with Crippen LogP contribution >= 0.6 is 0 Å². The van der Waals surface area contributed by atoms with Crippen LogP contribution in [-0.4, -0.2) is 0 Å². The van der Waals surface area contributed by atoms with E-state index in [2.05, 4.69) is 189 Å². The second-order valence-electron chi connectivity index (χ2n) is 15.0. The van der Waals surface area contributed by atoms with Crippen LogP contribution in [0.1, 0.15) is 49.9 Å². The molecule has 3 aliphatic rings. The molecular formula is C48H38N2O. The highest BCUT2D eigenvalue weighted by molar-refractivity contribution is 5.91. The van der Waals surface area contributed by atoms with Crippen LogP contribution in [0.15, 0.2) is 158 Å². The van der Waals surface area contributed by atoms with E-state index in [4.69, 9.17) is 4.74 Å². The van der Waals surface area contributed by atoms with Crippen molar-refractivity contribution in [3.63, 3.8) is 0 Å². The SMILES string of the molecule is CC1(C)c2ccccc2-c2ccc(N(c3ccc4c(c3)Oc3ccccc3N4c3ccccc3)c3ccc4c(c3)C(C)(C)c3ccccc3-4)cc21. The maximum Gasteiger partial charge on any atom is 0.153 e. The molecule has 246 valence electrons. The van der Waals surface area contributed by atoms with E-state index in [-0.39, 0.29) is 10.8 Å². The van der Waals surface area contributed by atoms with Crippen LogP contribution in [-0.2, 0) is 10.8 Å². The van der Waals surface area contributed by atoms with Gasteiger partial charge in [-0.25, -0.2) is 0 Å². The molecule has 1 aliphatic heterocycles. The summed E-state index contributed by atoms with van der Waals surface area (Å²) in [6, 6.07) is 57.2. The first-order chi connectivity index (χ1) is 24.8. The van der Waals surface area contributed by atoms with E-state index in [0.717, 1.165) is 45.6 Å². The minimum absolute atomic E-state index is 0.117. The Labute approximate surface area is 300 Å². The maximum absolute atomic E-state index is 6.72. The van der Waals surface area contributed by atoms with Crippen molar-refractivity contribution in [1.29, 1.82) is 0 Å². The van der Waals surface area contributed by atoms with Gasteiger partial charge in [-0.05, 0) is 105 Å². The topological polar surface area (TPSA) is 15.7 Å². The fraction of sp³-hybridized carbons (Fsp3) is 0.125. The van der Waals surface area contributed by atoms with Crippen LogP contribution in [0.25, 0.3) is 22.3 Å². The predicted octanol–water partition coefficient (Wildman–Crippen LogP) is 13.3. The Hall–Kier alpha value is -6.06. The molecular weight excluding hydrogens is 621 g/mol. The van der Waals surface area contributed by atoms with Gasteiger partial charge in [-0.3, -0.25) is 0 Å². The zero-order valence-corrected chi connectivity index (χ0v) is 29.3. The molecule has 0 amide bonds. The summed E-state index contributed by atoms with van der Waals surface area (Å²) >= 11 is 0. The molecule has 0 aromatic heterocycles. The van der Waals surface area contributed by atoms with Crippen molar-refractivity contribution >= 4 is 34.1 Å². The number of anilines is 6. The van der Waals surface area contributed by atoms with Gasteiger partial charge in [0.15, 0.2) is 11.5 Å². The quantitative estimate of drug-likeness (QED) is 0.187. The van der Waals surface area contributed by atoms with Crippen molar-refractivity contribution in [2.75, 3.05) is 9.80 Å². The van der Waals surface area contributed by atoms with Crippen molar-refractivity contribution in [2.45, 2.75) is 38.5 Å². The monoisotopic (exact) mass is 658 g/mol. The lowest BCUT2D eigenvalue weighted by molar-refractivity contribution is 0.477. The Morgan fingerprint density at radius 3 is 1.51 bits per heavy atom. The van der Waals surface area contributed by atoms with Crippen molar-refractivity contribution < 1.29 is 4.74 Å². The molecule has 0 bridgehead atoms. The molecule has 10 rings (SSSR count). The van der Waals surface area contributed by atoms with E-state index in [1.807, 2.05) is 6.07 Å². The first-order valence-corrected chi connectivity index (χ1v) is 17.9. The van der Waals surface area contributed by atoms with Gasteiger partial charge in [-0.1, -0.05) is 119 Å². The highest BCUT2D eigenvalue weighted by Gasteiger charge is 2.38. The van der Waals surface area contributed by atoms with Crippen molar-refractivity contribution in [3.8, 4) is 33.8 Å². The Bertz CT molecular complexity index is 2420. The molecule has 0 fully saturated rings. The highest BCUT2D eigenvalue weighted by atomic mass is 16.5. The van der Waals surface area contributed by atoms with E-state index >= 15 is 0 Å². The number of nitrogens with zero attached hydrogens (tertiary/aromatic N) is 2. The van der Waals surface area contributed by atoms with E-state index in [1.54, 1.807) is 0 Å². The third-order valence-corrected chi connectivity index (χ3v) is 11.4. The van der Waals surface area contributed by atoms with Crippen molar-refractivity contribution in [3.05, 3.63) is 180 Å². The molecule has 3 nitrogen and oxygen atoms in total. The lowest BCUT2D eigenvalue weighted by atomic mass is 9.82. The molecule has 0 atom stereocenters. The summed E-state index contributed by atoms with van der Waals surface area (Å²) in [5.74, 6) is 1.66. The van der Waals surface area contributed by atoms with Crippen LogP contribution in [0, 0.1) is 0 Å². The average Bonchev–Trinajstić information content (AvgIpc) is 3.53. The zero-order chi connectivity index (χ0) is 34.5. The van der Waals surface area contributed by atoms with Crippen LogP contribution in [0.5, 0.6) is 11.5 Å². The maximum atomic E-state index is 6.72. The molecule has 0 N–H and O–H groups in total. The smallest absolute Gasteiger partial charge is 0.153 e. The fourth-order valence-electron chi connectivity index (χ4n) is 8.85. The fourth-order valence-corrected chi connectivity index (χ4v) is 8.85. The van der Waals surface area contributed by atoms with Gasteiger partial charge in [0.05, 0.1) is 11.4 Å². The molecule has 51 heavy (non-hydrogen) atoms. The number of ether oxygens (including phenoxy) is 1. The van der Waals surface area contributed by atoms with Gasteiger partial charge >= 0.3 is 0 Å². The largest absolute Gasteiger partial charge is 0.453 e.